The maximum Gasteiger partial charge on any atom is 0.333 e. The summed E-state index contributed by atoms with van der Waals surface area (Å²) in [5.74, 6) is 1.24. The SMILES string of the molecule is CCS[C@]1(C(=O)OCc2ccccc2)SCC=C(C)[C@H]1CC=O. The Morgan fingerprint density at radius 3 is 2.83 bits per heavy atom. The van der Waals surface area contributed by atoms with E-state index in [1.54, 1.807) is 23.5 Å². The molecule has 0 saturated heterocycles. The first kappa shape index (κ1) is 18.1. The van der Waals surface area contributed by atoms with Crippen LogP contribution in [0.15, 0.2) is 42.0 Å². The Bertz CT molecular complexity index is 571. The molecule has 0 N–H and O–H groups in total. The van der Waals surface area contributed by atoms with Crippen molar-refractivity contribution in [3.05, 3.63) is 47.5 Å². The third-order valence-electron chi connectivity index (χ3n) is 3.90. The standard InChI is InChI=1S/C18H22O3S2/c1-3-22-18(16(9-11-19)14(2)10-12-23-18)17(20)21-13-15-7-5-4-6-8-15/h4-8,10-11,16H,3,9,12-13H2,1-2H3/t16-,18+/m1/s1. The highest BCUT2D eigenvalue weighted by Gasteiger charge is 2.49. The van der Waals surface area contributed by atoms with E-state index >= 15 is 0 Å². The summed E-state index contributed by atoms with van der Waals surface area (Å²) < 4.78 is 4.91. The number of benzene rings is 1. The molecule has 1 heterocycles. The van der Waals surface area contributed by atoms with Gasteiger partial charge in [0.1, 0.15) is 12.9 Å². The quantitative estimate of drug-likeness (QED) is 0.421. The fourth-order valence-corrected chi connectivity index (χ4v) is 5.95. The Kier molecular flexibility index (Phi) is 6.78. The topological polar surface area (TPSA) is 43.4 Å². The molecule has 124 valence electrons. The largest absolute Gasteiger partial charge is 0.459 e. The Labute approximate surface area is 146 Å². The molecule has 1 aliphatic rings. The van der Waals surface area contributed by atoms with Gasteiger partial charge in [-0.15, -0.1) is 23.5 Å². The molecule has 1 aromatic carbocycles. The number of esters is 1. The highest BCUT2D eigenvalue weighted by atomic mass is 32.2. The summed E-state index contributed by atoms with van der Waals surface area (Å²) in [6.45, 7) is 4.30. The van der Waals surface area contributed by atoms with Crippen LogP contribution in [0.4, 0.5) is 0 Å². The van der Waals surface area contributed by atoms with Crippen molar-refractivity contribution in [1.29, 1.82) is 0 Å². The summed E-state index contributed by atoms with van der Waals surface area (Å²) in [5.41, 5.74) is 2.07. The van der Waals surface area contributed by atoms with Gasteiger partial charge in [0.05, 0.1) is 0 Å². The van der Waals surface area contributed by atoms with E-state index in [0.717, 1.165) is 28.9 Å². The van der Waals surface area contributed by atoms with Gasteiger partial charge in [-0.2, -0.15) is 0 Å². The van der Waals surface area contributed by atoms with Gasteiger partial charge in [-0.25, -0.2) is 4.79 Å². The van der Waals surface area contributed by atoms with Gasteiger partial charge < -0.3 is 9.53 Å². The van der Waals surface area contributed by atoms with Crippen LogP contribution in [0.2, 0.25) is 0 Å². The van der Waals surface area contributed by atoms with Crippen LogP contribution in [0.25, 0.3) is 0 Å². The van der Waals surface area contributed by atoms with Gasteiger partial charge in [0.25, 0.3) is 0 Å². The van der Waals surface area contributed by atoms with Crippen LogP contribution in [0, 0.1) is 5.92 Å². The molecular weight excluding hydrogens is 328 g/mol. The monoisotopic (exact) mass is 350 g/mol. The van der Waals surface area contributed by atoms with E-state index in [4.69, 9.17) is 4.74 Å². The Balaban J connectivity index is 2.19. The molecule has 0 bridgehead atoms. The van der Waals surface area contributed by atoms with Gasteiger partial charge in [-0.3, -0.25) is 0 Å². The number of rotatable bonds is 7. The molecule has 0 spiro atoms. The molecule has 1 aliphatic heterocycles. The predicted molar refractivity (Wildman–Crippen MR) is 97.5 cm³/mol. The summed E-state index contributed by atoms with van der Waals surface area (Å²) in [6, 6.07) is 9.67. The fraction of sp³-hybridized carbons (Fsp3) is 0.444. The maximum absolute atomic E-state index is 12.9. The first-order valence-electron chi connectivity index (χ1n) is 7.73. The average Bonchev–Trinajstić information content (AvgIpc) is 2.57. The van der Waals surface area contributed by atoms with Gasteiger partial charge in [-0.05, 0) is 18.2 Å². The van der Waals surface area contributed by atoms with Crippen molar-refractivity contribution in [2.24, 2.45) is 5.92 Å². The molecule has 5 heteroatoms. The molecule has 0 fully saturated rings. The minimum Gasteiger partial charge on any atom is -0.459 e. The molecule has 1 aromatic rings. The normalized spacial score (nSPS) is 23.9. The van der Waals surface area contributed by atoms with Crippen LogP contribution < -0.4 is 0 Å². The van der Waals surface area contributed by atoms with Crippen molar-refractivity contribution in [1.82, 2.24) is 0 Å². The van der Waals surface area contributed by atoms with Crippen LogP contribution in [-0.4, -0.2) is 27.8 Å². The Hall–Kier alpha value is -1.20. The van der Waals surface area contributed by atoms with Crippen molar-refractivity contribution in [3.63, 3.8) is 0 Å². The van der Waals surface area contributed by atoms with E-state index in [2.05, 4.69) is 6.08 Å². The van der Waals surface area contributed by atoms with Gasteiger partial charge in [-0.1, -0.05) is 48.9 Å². The van der Waals surface area contributed by atoms with Crippen molar-refractivity contribution in [2.45, 2.75) is 31.0 Å². The minimum atomic E-state index is -0.719. The molecule has 0 aromatic heterocycles. The number of allylic oxidation sites excluding steroid dienone is 1. The maximum atomic E-state index is 12.9. The molecular formula is C18H22O3S2. The Morgan fingerprint density at radius 2 is 2.17 bits per heavy atom. The number of carbonyl (C=O) groups is 2. The smallest absolute Gasteiger partial charge is 0.333 e. The highest BCUT2D eigenvalue weighted by molar-refractivity contribution is 8.19. The molecule has 0 unspecified atom stereocenters. The van der Waals surface area contributed by atoms with Crippen molar-refractivity contribution in [2.75, 3.05) is 11.5 Å². The zero-order valence-electron chi connectivity index (χ0n) is 13.5. The fourth-order valence-electron chi connectivity index (χ4n) is 2.72. The highest BCUT2D eigenvalue weighted by Crippen LogP contribution is 2.51. The molecule has 3 nitrogen and oxygen atoms in total. The third kappa shape index (κ3) is 4.21. The van der Waals surface area contributed by atoms with Crippen LogP contribution in [-0.2, 0) is 20.9 Å². The lowest BCUT2D eigenvalue weighted by atomic mass is 9.92. The summed E-state index contributed by atoms with van der Waals surface area (Å²) in [7, 11) is 0. The molecule has 2 atom stereocenters. The van der Waals surface area contributed by atoms with E-state index in [9.17, 15) is 9.59 Å². The number of thioether (sulfide) groups is 2. The predicted octanol–water partition coefficient (Wildman–Crippen LogP) is 4.08. The number of hydrogen-bond acceptors (Lipinski definition) is 5. The van der Waals surface area contributed by atoms with E-state index in [1.807, 2.05) is 44.2 Å². The van der Waals surface area contributed by atoms with E-state index in [1.165, 1.54) is 0 Å². The molecule has 0 saturated carbocycles. The summed E-state index contributed by atoms with van der Waals surface area (Å²) >= 11 is 3.17. The second kappa shape index (κ2) is 8.60. The van der Waals surface area contributed by atoms with E-state index in [-0.39, 0.29) is 18.5 Å². The Morgan fingerprint density at radius 1 is 1.43 bits per heavy atom. The molecule has 0 amide bonds. The van der Waals surface area contributed by atoms with Crippen LogP contribution >= 0.6 is 23.5 Å². The number of hydrogen-bond donors (Lipinski definition) is 0. The van der Waals surface area contributed by atoms with Crippen LogP contribution in [0.5, 0.6) is 0 Å². The van der Waals surface area contributed by atoms with Gasteiger partial charge in [0, 0.05) is 18.1 Å². The molecule has 23 heavy (non-hydrogen) atoms. The summed E-state index contributed by atoms with van der Waals surface area (Å²) in [5, 5.41) is 0. The van der Waals surface area contributed by atoms with Crippen molar-refractivity contribution >= 4 is 35.8 Å². The lowest BCUT2D eigenvalue weighted by Gasteiger charge is -2.39. The lowest BCUT2D eigenvalue weighted by molar-refractivity contribution is -0.146. The first-order chi connectivity index (χ1) is 11.1. The van der Waals surface area contributed by atoms with Crippen molar-refractivity contribution < 1.29 is 14.3 Å². The van der Waals surface area contributed by atoms with Crippen LogP contribution in [0.3, 0.4) is 0 Å². The second-order valence-corrected chi connectivity index (χ2v) is 8.41. The van der Waals surface area contributed by atoms with Crippen molar-refractivity contribution in [3.8, 4) is 0 Å². The lowest BCUT2D eigenvalue weighted by Crippen LogP contribution is -2.44. The number of ether oxygens (including phenoxy) is 1. The minimum absolute atomic E-state index is 0.105. The summed E-state index contributed by atoms with van der Waals surface area (Å²) in [4.78, 5) is 24.0. The van der Waals surface area contributed by atoms with Gasteiger partial charge in [0.15, 0.2) is 4.08 Å². The first-order valence-corrected chi connectivity index (χ1v) is 9.70. The van der Waals surface area contributed by atoms with E-state index < -0.39 is 4.08 Å². The van der Waals surface area contributed by atoms with Crippen LogP contribution in [0.1, 0.15) is 25.8 Å². The number of carbonyl (C=O) groups excluding carboxylic acids is 2. The average molecular weight is 351 g/mol. The van der Waals surface area contributed by atoms with E-state index in [0.29, 0.717) is 6.42 Å². The summed E-state index contributed by atoms with van der Waals surface area (Å²) in [6.07, 6.45) is 3.36. The molecule has 2 rings (SSSR count). The second-order valence-electron chi connectivity index (χ2n) is 5.38. The number of aldehydes is 1. The zero-order chi connectivity index (χ0) is 16.7. The molecule has 0 aliphatic carbocycles. The van der Waals surface area contributed by atoms with Gasteiger partial charge in [0.2, 0.25) is 0 Å². The third-order valence-corrected chi connectivity index (χ3v) is 6.99. The van der Waals surface area contributed by atoms with Gasteiger partial charge >= 0.3 is 5.97 Å². The zero-order valence-corrected chi connectivity index (χ0v) is 15.1. The molecule has 0 radical (unpaired) electrons.